The highest BCUT2D eigenvalue weighted by Crippen LogP contribution is 2.05. The van der Waals surface area contributed by atoms with E-state index < -0.39 is 42.6 Å². The maximum absolute atomic E-state index is 12.2. The Balaban J connectivity index is 0.000000751. The lowest BCUT2D eigenvalue weighted by Gasteiger charge is -2.18. The smallest absolute Gasteiger partial charge is 0.408 e. The summed E-state index contributed by atoms with van der Waals surface area (Å²) in [6, 6.07) is 16.6. The molecule has 0 aliphatic rings. The molecule has 0 saturated carbocycles. The zero-order valence-electron chi connectivity index (χ0n) is 17.6. The lowest BCUT2D eigenvalue weighted by Crippen LogP contribution is -2.49. The van der Waals surface area contributed by atoms with Crippen molar-refractivity contribution in [2.24, 2.45) is 5.73 Å². The minimum absolute atomic E-state index is 0.0709. The number of nitrogens with one attached hydrogen (secondary N) is 2. The molecular weight excluding hydrogens is 418 g/mol. The van der Waals surface area contributed by atoms with Crippen molar-refractivity contribution in [2.75, 3.05) is 6.54 Å². The first kappa shape index (κ1) is 26.1. The van der Waals surface area contributed by atoms with Gasteiger partial charge in [0.2, 0.25) is 5.91 Å². The minimum Gasteiger partial charge on any atom is -0.480 e. The summed E-state index contributed by atoms with van der Waals surface area (Å²) in [6.45, 7) is 0.967. The van der Waals surface area contributed by atoms with Gasteiger partial charge in [0.05, 0.1) is 0 Å². The Hall–Kier alpha value is -3.92. The SMILES string of the molecule is C[C@H](N)C(=O)O.O=C(O)CNC(=O)[C@H](Cc1ccccc1)NC(=O)OCc1ccccc1. The molecule has 0 bridgehead atoms. The number of carbonyl (C=O) groups excluding carboxylic acids is 2. The van der Waals surface area contributed by atoms with E-state index in [1.165, 1.54) is 6.92 Å². The molecule has 2 aromatic carbocycles. The molecule has 6 N–H and O–H groups in total. The number of benzene rings is 2. The van der Waals surface area contributed by atoms with Crippen molar-refractivity contribution in [3.05, 3.63) is 71.8 Å². The molecule has 0 aliphatic heterocycles. The lowest BCUT2D eigenvalue weighted by atomic mass is 10.1. The van der Waals surface area contributed by atoms with Gasteiger partial charge in [-0.05, 0) is 18.1 Å². The number of carbonyl (C=O) groups is 4. The second-order valence-corrected chi connectivity index (χ2v) is 6.69. The zero-order chi connectivity index (χ0) is 23.9. The predicted molar refractivity (Wildman–Crippen MR) is 116 cm³/mol. The van der Waals surface area contributed by atoms with Crippen LogP contribution in [-0.2, 0) is 32.1 Å². The first-order valence-electron chi connectivity index (χ1n) is 9.68. The van der Waals surface area contributed by atoms with Crippen molar-refractivity contribution in [1.29, 1.82) is 0 Å². The molecule has 0 spiro atoms. The fourth-order valence-corrected chi connectivity index (χ4v) is 2.25. The fraction of sp³-hybridized carbons (Fsp3) is 0.273. The molecule has 2 amide bonds. The molecule has 2 atom stereocenters. The molecule has 0 aliphatic carbocycles. The Labute approximate surface area is 185 Å². The number of nitrogens with two attached hydrogens (primary N) is 1. The predicted octanol–water partition coefficient (Wildman–Crippen LogP) is 1.14. The van der Waals surface area contributed by atoms with E-state index in [0.717, 1.165) is 11.1 Å². The Bertz CT molecular complexity index is 874. The molecule has 2 aromatic rings. The van der Waals surface area contributed by atoms with E-state index >= 15 is 0 Å². The van der Waals surface area contributed by atoms with E-state index in [1.807, 2.05) is 60.7 Å². The topological polar surface area (TPSA) is 168 Å². The van der Waals surface area contributed by atoms with Gasteiger partial charge in [-0.15, -0.1) is 0 Å². The fourth-order valence-electron chi connectivity index (χ4n) is 2.25. The maximum Gasteiger partial charge on any atom is 0.408 e. The van der Waals surface area contributed by atoms with Crippen molar-refractivity contribution < 1.29 is 34.1 Å². The van der Waals surface area contributed by atoms with Crippen LogP contribution in [0.2, 0.25) is 0 Å². The molecule has 0 heterocycles. The first-order valence-corrected chi connectivity index (χ1v) is 9.68. The van der Waals surface area contributed by atoms with Crippen molar-refractivity contribution in [3.63, 3.8) is 0 Å². The van der Waals surface area contributed by atoms with Gasteiger partial charge in [-0.3, -0.25) is 14.4 Å². The number of amides is 2. The number of ether oxygens (including phenoxy) is 1. The molecule has 2 rings (SSSR count). The third-order valence-corrected chi connectivity index (χ3v) is 3.91. The van der Waals surface area contributed by atoms with Crippen LogP contribution in [0.3, 0.4) is 0 Å². The molecule has 0 fully saturated rings. The monoisotopic (exact) mass is 445 g/mol. The van der Waals surface area contributed by atoms with Gasteiger partial charge < -0.3 is 31.3 Å². The van der Waals surface area contributed by atoms with Crippen LogP contribution in [0.1, 0.15) is 18.1 Å². The molecule has 10 heteroatoms. The standard InChI is InChI=1S/C19H20N2O5.C3H7NO2/c22-17(23)12-20-18(24)16(11-14-7-3-1-4-8-14)21-19(25)26-13-15-9-5-2-6-10-15;1-2(4)3(5)6/h1-10,16H,11-13H2,(H,20,24)(H,21,25)(H,22,23);2H,4H2,1H3,(H,5,6)/t16-;2-/m00/s1. The normalized spacial score (nSPS) is 11.7. The number of hydrogen-bond donors (Lipinski definition) is 5. The number of hydrogen-bond acceptors (Lipinski definition) is 6. The Morgan fingerprint density at radius 3 is 1.91 bits per heavy atom. The molecule has 10 nitrogen and oxygen atoms in total. The van der Waals surface area contributed by atoms with Crippen LogP contribution in [0.5, 0.6) is 0 Å². The molecular formula is C22H27N3O7. The van der Waals surface area contributed by atoms with Crippen LogP contribution < -0.4 is 16.4 Å². The van der Waals surface area contributed by atoms with E-state index in [9.17, 15) is 19.2 Å². The largest absolute Gasteiger partial charge is 0.480 e. The number of aliphatic carboxylic acids is 2. The summed E-state index contributed by atoms with van der Waals surface area (Å²) >= 11 is 0. The molecule has 0 radical (unpaired) electrons. The van der Waals surface area contributed by atoms with Crippen molar-refractivity contribution in [3.8, 4) is 0 Å². The van der Waals surface area contributed by atoms with Gasteiger partial charge in [0.25, 0.3) is 0 Å². The lowest BCUT2D eigenvalue weighted by molar-refractivity contribution is -0.138. The van der Waals surface area contributed by atoms with Crippen molar-refractivity contribution in [1.82, 2.24) is 10.6 Å². The van der Waals surface area contributed by atoms with Crippen molar-refractivity contribution in [2.45, 2.75) is 32.0 Å². The minimum atomic E-state index is -1.16. The van der Waals surface area contributed by atoms with Crippen LogP contribution in [0.4, 0.5) is 4.79 Å². The van der Waals surface area contributed by atoms with Crippen LogP contribution in [0.15, 0.2) is 60.7 Å². The average molecular weight is 445 g/mol. The van der Waals surface area contributed by atoms with Gasteiger partial charge in [-0.2, -0.15) is 0 Å². The van der Waals surface area contributed by atoms with Crippen molar-refractivity contribution >= 4 is 23.9 Å². The molecule has 0 aromatic heterocycles. The third-order valence-electron chi connectivity index (χ3n) is 3.91. The van der Waals surface area contributed by atoms with Gasteiger partial charge in [-0.25, -0.2) is 4.79 Å². The summed E-state index contributed by atoms with van der Waals surface area (Å²) in [4.78, 5) is 44.5. The van der Waals surface area contributed by atoms with Gasteiger partial charge >= 0.3 is 18.0 Å². The summed E-state index contributed by atoms with van der Waals surface area (Å²) in [5, 5.41) is 21.3. The Morgan fingerprint density at radius 1 is 0.938 bits per heavy atom. The van der Waals surface area contributed by atoms with Gasteiger partial charge in [0.1, 0.15) is 25.2 Å². The van der Waals surface area contributed by atoms with E-state index in [0.29, 0.717) is 0 Å². The van der Waals surface area contributed by atoms with Crippen LogP contribution in [0, 0.1) is 0 Å². The van der Waals surface area contributed by atoms with Crippen LogP contribution >= 0.6 is 0 Å². The highest BCUT2D eigenvalue weighted by molar-refractivity contribution is 5.88. The first-order chi connectivity index (χ1) is 15.2. The number of rotatable bonds is 9. The van der Waals surface area contributed by atoms with Gasteiger partial charge in [0, 0.05) is 6.42 Å². The zero-order valence-corrected chi connectivity index (χ0v) is 17.6. The third kappa shape index (κ3) is 11.3. The average Bonchev–Trinajstić information content (AvgIpc) is 2.77. The van der Waals surface area contributed by atoms with E-state index in [1.54, 1.807) is 0 Å². The van der Waals surface area contributed by atoms with E-state index in [2.05, 4.69) is 10.6 Å². The molecule has 0 unspecified atom stereocenters. The quantitative estimate of drug-likeness (QED) is 0.383. The molecule has 0 saturated heterocycles. The number of carboxylic acids is 2. The highest BCUT2D eigenvalue weighted by Gasteiger charge is 2.22. The molecule has 172 valence electrons. The second kappa shape index (κ2) is 14.1. The highest BCUT2D eigenvalue weighted by atomic mass is 16.5. The van der Waals surface area contributed by atoms with Gasteiger partial charge in [0.15, 0.2) is 0 Å². The maximum atomic E-state index is 12.2. The Kier molecular flexibility index (Phi) is 11.5. The summed E-state index contributed by atoms with van der Waals surface area (Å²) in [5.74, 6) is -2.72. The second-order valence-electron chi connectivity index (χ2n) is 6.69. The van der Waals surface area contributed by atoms with E-state index in [4.69, 9.17) is 20.7 Å². The summed E-state index contributed by atoms with van der Waals surface area (Å²) < 4.78 is 5.13. The summed E-state index contributed by atoms with van der Waals surface area (Å²) in [5.41, 5.74) is 6.48. The van der Waals surface area contributed by atoms with Gasteiger partial charge in [-0.1, -0.05) is 60.7 Å². The Morgan fingerprint density at radius 2 is 1.44 bits per heavy atom. The molecule has 32 heavy (non-hydrogen) atoms. The van der Waals surface area contributed by atoms with E-state index in [-0.39, 0.29) is 13.0 Å². The summed E-state index contributed by atoms with van der Waals surface area (Å²) in [7, 11) is 0. The van der Waals surface area contributed by atoms with Crippen LogP contribution in [-0.4, -0.2) is 52.8 Å². The summed E-state index contributed by atoms with van der Waals surface area (Å²) in [6.07, 6.45) is -0.535. The van der Waals surface area contributed by atoms with Crippen LogP contribution in [0.25, 0.3) is 0 Å². The number of carboxylic acid groups (broad SMARTS) is 2. The number of alkyl carbamates (subject to hydrolysis) is 1.